The van der Waals surface area contributed by atoms with Crippen molar-refractivity contribution < 1.29 is 0 Å². The molecule has 68 valence electrons. The lowest BCUT2D eigenvalue weighted by Crippen LogP contribution is -2.01. The molecule has 0 amide bonds. The molecule has 0 unspecified atom stereocenters. The molecule has 0 fully saturated rings. The van der Waals surface area contributed by atoms with Crippen molar-refractivity contribution in [3.8, 4) is 0 Å². The minimum absolute atomic E-state index is 0.597. The van der Waals surface area contributed by atoms with Crippen LogP contribution in [0.15, 0.2) is 36.5 Å². The lowest BCUT2D eigenvalue weighted by atomic mass is 10.2. The first-order valence-corrected chi connectivity index (χ1v) is 4.88. The summed E-state index contributed by atoms with van der Waals surface area (Å²) in [5.74, 6) is 0. The van der Waals surface area contributed by atoms with Crippen LogP contribution in [0.4, 0.5) is 0 Å². The summed E-state index contributed by atoms with van der Waals surface area (Å²) in [7, 11) is 0. The van der Waals surface area contributed by atoms with Crippen molar-refractivity contribution in [1.82, 2.24) is 4.57 Å². The molecule has 0 saturated carbocycles. The molecule has 0 N–H and O–H groups in total. The van der Waals surface area contributed by atoms with Crippen LogP contribution in [0.2, 0.25) is 0 Å². The Morgan fingerprint density at radius 3 is 2.77 bits per heavy atom. The number of nitrogens with zero attached hydrogens (tertiary/aromatic N) is 1. The van der Waals surface area contributed by atoms with Crippen molar-refractivity contribution in [2.24, 2.45) is 0 Å². The summed E-state index contributed by atoms with van der Waals surface area (Å²) in [5.41, 5.74) is 1.34. The van der Waals surface area contributed by atoms with Crippen molar-refractivity contribution in [3.05, 3.63) is 36.5 Å². The summed E-state index contributed by atoms with van der Waals surface area (Å²) in [6.45, 7) is 4.48. The molecular formula is C12H15N. The SMILES string of the molecule is CC[C@@H](C)n1ccc2ccccc21. The maximum absolute atomic E-state index is 2.34. The van der Waals surface area contributed by atoms with Crippen LogP contribution in [0.3, 0.4) is 0 Å². The zero-order valence-electron chi connectivity index (χ0n) is 8.20. The zero-order chi connectivity index (χ0) is 9.26. The molecule has 2 aromatic rings. The van der Waals surface area contributed by atoms with E-state index >= 15 is 0 Å². The molecule has 1 heterocycles. The van der Waals surface area contributed by atoms with Gasteiger partial charge in [-0.15, -0.1) is 0 Å². The van der Waals surface area contributed by atoms with E-state index in [9.17, 15) is 0 Å². The van der Waals surface area contributed by atoms with E-state index in [1.807, 2.05) is 0 Å². The van der Waals surface area contributed by atoms with Gasteiger partial charge in [-0.25, -0.2) is 0 Å². The van der Waals surface area contributed by atoms with Gasteiger partial charge in [-0.1, -0.05) is 25.1 Å². The van der Waals surface area contributed by atoms with Gasteiger partial charge in [-0.3, -0.25) is 0 Å². The van der Waals surface area contributed by atoms with Gasteiger partial charge >= 0.3 is 0 Å². The van der Waals surface area contributed by atoms with Crippen molar-refractivity contribution in [2.75, 3.05) is 0 Å². The summed E-state index contributed by atoms with van der Waals surface area (Å²) in [6.07, 6.45) is 3.36. The molecule has 1 heteroatoms. The standard InChI is InChI=1S/C12H15N/c1-3-10(2)13-9-8-11-6-4-5-7-12(11)13/h4-10H,3H2,1-2H3/t10-/m1/s1. The van der Waals surface area contributed by atoms with Crippen LogP contribution in [0, 0.1) is 0 Å². The molecule has 1 aromatic carbocycles. The van der Waals surface area contributed by atoms with Crippen molar-refractivity contribution in [3.63, 3.8) is 0 Å². The molecule has 1 nitrogen and oxygen atoms in total. The van der Waals surface area contributed by atoms with E-state index in [4.69, 9.17) is 0 Å². The minimum Gasteiger partial charge on any atom is -0.345 e. The van der Waals surface area contributed by atoms with Gasteiger partial charge in [0.2, 0.25) is 0 Å². The number of aromatic nitrogens is 1. The Labute approximate surface area is 79.0 Å². The number of rotatable bonds is 2. The van der Waals surface area contributed by atoms with Crippen molar-refractivity contribution in [1.29, 1.82) is 0 Å². The molecule has 0 saturated heterocycles. The fraction of sp³-hybridized carbons (Fsp3) is 0.333. The highest BCUT2D eigenvalue weighted by molar-refractivity contribution is 5.80. The van der Waals surface area contributed by atoms with Crippen LogP contribution in [-0.2, 0) is 0 Å². The van der Waals surface area contributed by atoms with Crippen LogP contribution < -0.4 is 0 Å². The third kappa shape index (κ3) is 1.35. The van der Waals surface area contributed by atoms with Gasteiger partial charge in [-0.2, -0.15) is 0 Å². The Balaban J connectivity index is 2.57. The minimum atomic E-state index is 0.597. The summed E-state index contributed by atoms with van der Waals surface area (Å²) >= 11 is 0. The molecule has 1 atom stereocenters. The first-order chi connectivity index (χ1) is 6.33. The predicted molar refractivity (Wildman–Crippen MR) is 56.9 cm³/mol. The highest BCUT2D eigenvalue weighted by atomic mass is 15.0. The molecular weight excluding hydrogens is 158 g/mol. The van der Waals surface area contributed by atoms with Gasteiger partial charge in [0.25, 0.3) is 0 Å². The van der Waals surface area contributed by atoms with E-state index in [-0.39, 0.29) is 0 Å². The molecule has 0 radical (unpaired) electrons. The summed E-state index contributed by atoms with van der Waals surface area (Å²) in [4.78, 5) is 0. The molecule has 0 aliphatic rings. The fourth-order valence-electron chi connectivity index (χ4n) is 1.69. The van der Waals surface area contributed by atoms with E-state index in [2.05, 4.69) is 54.9 Å². The Kier molecular flexibility index (Phi) is 2.09. The fourth-order valence-corrected chi connectivity index (χ4v) is 1.69. The molecule has 0 bridgehead atoms. The van der Waals surface area contributed by atoms with Gasteiger partial charge in [0.05, 0.1) is 0 Å². The lowest BCUT2D eigenvalue weighted by Gasteiger charge is -2.12. The summed E-state index contributed by atoms with van der Waals surface area (Å²) in [5, 5.41) is 1.34. The van der Waals surface area contributed by atoms with Gasteiger partial charge in [0.1, 0.15) is 0 Å². The smallest absolute Gasteiger partial charge is 0.0482 e. The van der Waals surface area contributed by atoms with Crippen LogP contribution in [0.1, 0.15) is 26.3 Å². The number of hydrogen-bond donors (Lipinski definition) is 0. The predicted octanol–water partition coefficient (Wildman–Crippen LogP) is 3.61. The van der Waals surface area contributed by atoms with Crippen LogP contribution in [0.25, 0.3) is 10.9 Å². The Morgan fingerprint density at radius 2 is 2.00 bits per heavy atom. The van der Waals surface area contributed by atoms with E-state index < -0.39 is 0 Å². The molecule has 13 heavy (non-hydrogen) atoms. The molecule has 0 spiro atoms. The Morgan fingerprint density at radius 1 is 1.23 bits per heavy atom. The van der Waals surface area contributed by atoms with Crippen LogP contribution in [0.5, 0.6) is 0 Å². The molecule has 0 aliphatic carbocycles. The monoisotopic (exact) mass is 173 g/mol. The highest BCUT2D eigenvalue weighted by Crippen LogP contribution is 2.20. The van der Waals surface area contributed by atoms with E-state index in [0.29, 0.717) is 6.04 Å². The number of fused-ring (bicyclic) bond motifs is 1. The van der Waals surface area contributed by atoms with Crippen LogP contribution >= 0.6 is 0 Å². The normalized spacial score (nSPS) is 13.4. The lowest BCUT2D eigenvalue weighted by molar-refractivity contribution is 0.548. The first-order valence-electron chi connectivity index (χ1n) is 4.88. The maximum Gasteiger partial charge on any atom is 0.0482 e. The molecule has 2 rings (SSSR count). The van der Waals surface area contributed by atoms with Gasteiger partial charge in [-0.05, 0) is 30.9 Å². The highest BCUT2D eigenvalue weighted by Gasteiger charge is 2.04. The van der Waals surface area contributed by atoms with Crippen LogP contribution in [-0.4, -0.2) is 4.57 Å². The van der Waals surface area contributed by atoms with E-state index in [0.717, 1.165) is 0 Å². The maximum atomic E-state index is 2.34. The molecule has 0 aliphatic heterocycles. The molecule has 1 aromatic heterocycles. The van der Waals surface area contributed by atoms with E-state index in [1.165, 1.54) is 17.3 Å². The topological polar surface area (TPSA) is 4.93 Å². The summed E-state index contributed by atoms with van der Waals surface area (Å²) in [6, 6.07) is 11.3. The third-order valence-corrected chi connectivity index (χ3v) is 2.70. The van der Waals surface area contributed by atoms with E-state index in [1.54, 1.807) is 0 Å². The van der Waals surface area contributed by atoms with Crippen molar-refractivity contribution >= 4 is 10.9 Å². The third-order valence-electron chi connectivity index (χ3n) is 2.70. The quantitative estimate of drug-likeness (QED) is 0.653. The second-order valence-electron chi connectivity index (χ2n) is 3.54. The number of benzene rings is 1. The number of para-hydroxylation sites is 1. The largest absolute Gasteiger partial charge is 0.345 e. The average molecular weight is 173 g/mol. The zero-order valence-corrected chi connectivity index (χ0v) is 8.20. The van der Waals surface area contributed by atoms with Gasteiger partial charge in [0.15, 0.2) is 0 Å². The average Bonchev–Trinajstić information content (AvgIpc) is 2.60. The van der Waals surface area contributed by atoms with Gasteiger partial charge < -0.3 is 4.57 Å². The first kappa shape index (κ1) is 8.36. The summed E-state index contributed by atoms with van der Waals surface area (Å²) < 4.78 is 2.34. The van der Waals surface area contributed by atoms with Crippen molar-refractivity contribution in [2.45, 2.75) is 26.3 Å². The Bertz CT molecular complexity index is 400. The second kappa shape index (κ2) is 3.25. The Hall–Kier alpha value is -1.24. The number of hydrogen-bond acceptors (Lipinski definition) is 0. The van der Waals surface area contributed by atoms with Gasteiger partial charge in [0, 0.05) is 17.8 Å². The second-order valence-corrected chi connectivity index (χ2v) is 3.54.